The Morgan fingerprint density at radius 3 is 3.00 bits per heavy atom. The van der Waals surface area contributed by atoms with E-state index < -0.39 is 0 Å². The fourth-order valence-electron chi connectivity index (χ4n) is 1.58. The maximum atomic E-state index is 11.1. The van der Waals surface area contributed by atoms with Gasteiger partial charge in [-0.25, -0.2) is 4.98 Å². The maximum Gasteiger partial charge on any atom is 0.279 e. The average Bonchev–Trinajstić information content (AvgIpc) is 2.84. The van der Waals surface area contributed by atoms with E-state index in [9.17, 15) is 10.1 Å². The molecule has 2 rings (SSSR count). The maximum absolute atomic E-state index is 11.1. The number of hydrogen-bond acceptors (Lipinski definition) is 5. The van der Waals surface area contributed by atoms with Gasteiger partial charge in [-0.05, 0) is 18.6 Å². The molecule has 0 atom stereocenters. The van der Waals surface area contributed by atoms with Crippen LogP contribution in [0.4, 0.5) is 10.8 Å². The first-order valence-electron chi connectivity index (χ1n) is 5.76. The monoisotopic (exact) mass is 341 g/mol. The average molecular weight is 342 g/mol. The molecule has 1 aromatic carbocycles. The number of benzene rings is 1. The van der Waals surface area contributed by atoms with Gasteiger partial charge in [-0.2, -0.15) is 0 Å². The lowest BCUT2D eigenvalue weighted by atomic mass is 10.1. The Morgan fingerprint density at radius 1 is 1.53 bits per heavy atom. The Kier molecular flexibility index (Phi) is 4.49. The highest BCUT2D eigenvalue weighted by atomic mass is 79.9. The second-order valence-corrected chi connectivity index (χ2v) is 5.82. The lowest BCUT2D eigenvalue weighted by molar-refractivity contribution is -0.384. The molecule has 2 aromatic rings. The molecule has 0 aliphatic carbocycles. The number of halogens is 1. The smallest absolute Gasteiger partial charge is 0.279 e. The highest BCUT2D eigenvalue weighted by Gasteiger charge is 2.17. The SMILES string of the molecule is CCCNc1ncc(-c2ccc(Br)cc2[N+](=O)[O-])s1. The zero-order chi connectivity index (χ0) is 13.8. The third-order valence-electron chi connectivity index (χ3n) is 2.45. The highest BCUT2D eigenvalue weighted by Crippen LogP contribution is 2.36. The van der Waals surface area contributed by atoms with E-state index in [2.05, 4.69) is 33.2 Å². The van der Waals surface area contributed by atoms with Crippen molar-refractivity contribution < 1.29 is 4.92 Å². The van der Waals surface area contributed by atoms with E-state index in [1.54, 1.807) is 18.3 Å². The van der Waals surface area contributed by atoms with E-state index in [-0.39, 0.29) is 10.6 Å². The van der Waals surface area contributed by atoms with E-state index in [0.29, 0.717) is 10.0 Å². The summed E-state index contributed by atoms with van der Waals surface area (Å²) in [4.78, 5) is 15.7. The number of rotatable bonds is 5. The molecule has 1 aromatic heterocycles. The molecule has 0 spiro atoms. The van der Waals surface area contributed by atoms with Gasteiger partial charge in [0.15, 0.2) is 5.13 Å². The van der Waals surface area contributed by atoms with E-state index in [0.717, 1.165) is 23.0 Å². The number of thiazole rings is 1. The lowest BCUT2D eigenvalue weighted by Gasteiger charge is -2.00. The van der Waals surface area contributed by atoms with Crippen LogP contribution in [-0.2, 0) is 0 Å². The molecule has 1 N–H and O–H groups in total. The van der Waals surface area contributed by atoms with Crippen LogP contribution in [0, 0.1) is 10.1 Å². The summed E-state index contributed by atoms with van der Waals surface area (Å²) in [6, 6.07) is 5.04. The Hall–Kier alpha value is -1.47. The van der Waals surface area contributed by atoms with Crippen molar-refractivity contribution in [3.05, 3.63) is 39.0 Å². The van der Waals surface area contributed by atoms with E-state index in [4.69, 9.17) is 0 Å². The first kappa shape index (κ1) is 14.0. The van der Waals surface area contributed by atoms with Crippen LogP contribution in [-0.4, -0.2) is 16.5 Å². The number of nitro benzene ring substituents is 1. The van der Waals surface area contributed by atoms with Crippen LogP contribution in [0.25, 0.3) is 10.4 Å². The standard InChI is InChI=1S/C12H12BrN3O2S/c1-2-5-14-12-15-7-11(19-12)9-4-3-8(13)6-10(9)16(17)18/h3-4,6-7H,2,5H2,1H3,(H,14,15). The number of hydrogen-bond donors (Lipinski definition) is 1. The van der Waals surface area contributed by atoms with E-state index in [1.165, 1.54) is 17.4 Å². The lowest BCUT2D eigenvalue weighted by Crippen LogP contribution is -1.97. The summed E-state index contributed by atoms with van der Waals surface area (Å²) < 4.78 is 0.691. The molecular formula is C12H12BrN3O2S. The molecule has 0 bridgehead atoms. The first-order valence-corrected chi connectivity index (χ1v) is 7.36. The number of nitro groups is 1. The minimum absolute atomic E-state index is 0.0834. The molecule has 100 valence electrons. The van der Waals surface area contributed by atoms with E-state index >= 15 is 0 Å². The summed E-state index contributed by atoms with van der Waals surface area (Å²) in [5, 5.41) is 15.0. The van der Waals surface area contributed by atoms with Crippen LogP contribution in [0.2, 0.25) is 0 Å². The van der Waals surface area contributed by atoms with Crippen molar-refractivity contribution >= 4 is 38.1 Å². The van der Waals surface area contributed by atoms with Crippen LogP contribution in [0.3, 0.4) is 0 Å². The van der Waals surface area contributed by atoms with Gasteiger partial charge in [0.05, 0.1) is 15.4 Å². The van der Waals surface area contributed by atoms with Gasteiger partial charge in [0.25, 0.3) is 5.69 Å². The summed E-state index contributed by atoms with van der Waals surface area (Å²) in [5.74, 6) is 0. The first-order chi connectivity index (χ1) is 9.11. The second kappa shape index (κ2) is 6.12. The van der Waals surface area contributed by atoms with Crippen LogP contribution >= 0.6 is 27.3 Å². The molecule has 0 saturated carbocycles. The van der Waals surface area contributed by atoms with Gasteiger partial charge in [0, 0.05) is 23.3 Å². The molecule has 5 nitrogen and oxygen atoms in total. The van der Waals surface area contributed by atoms with Crippen LogP contribution < -0.4 is 5.32 Å². The molecule has 0 unspecified atom stereocenters. The second-order valence-electron chi connectivity index (χ2n) is 3.88. The topological polar surface area (TPSA) is 68.1 Å². The van der Waals surface area contributed by atoms with Gasteiger partial charge < -0.3 is 5.32 Å². The van der Waals surface area contributed by atoms with Crippen molar-refractivity contribution in [2.75, 3.05) is 11.9 Å². The number of anilines is 1. The van der Waals surface area contributed by atoms with Crippen molar-refractivity contribution in [2.24, 2.45) is 0 Å². The molecule has 19 heavy (non-hydrogen) atoms. The number of aromatic nitrogens is 1. The molecule has 0 aliphatic rings. The van der Waals surface area contributed by atoms with Crippen molar-refractivity contribution in [2.45, 2.75) is 13.3 Å². The van der Waals surface area contributed by atoms with Crippen LogP contribution in [0.1, 0.15) is 13.3 Å². The zero-order valence-electron chi connectivity index (χ0n) is 10.2. The predicted octanol–water partition coefficient (Wildman–Crippen LogP) is 4.30. The normalized spacial score (nSPS) is 10.4. The zero-order valence-corrected chi connectivity index (χ0v) is 12.6. The molecule has 0 fully saturated rings. The number of nitrogens with zero attached hydrogens (tertiary/aromatic N) is 2. The Bertz CT molecular complexity index is 600. The van der Waals surface area contributed by atoms with Gasteiger partial charge in [-0.15, -0.1) is 0 Å². The minimum Gasteiger partial charge on any atom is -0.362 e. The summed E-state index contributed by atoms with van der Waals surface area (Å²) in [6.07, 6.45) is 2.67. The summed E-state index contributed by atoms with van der Waals surface area (Å²) in [7, 11) is 0. The molecule has 0 radical (unpaired) electrons. The van der Waals surface area contributed by atoms with Crippen molar-refractivity contribution in [3.8, 4) is 10.4 Å². The predicted molar refractivity (Wildman–Crippen MR) is 80.7 cm³/mol. The van der Waals surface area contributed by atoms with Gasteiger partial charge in [0.2, 0.25) is 0 Å². The Labute approximate surface area is 123 Å². The van der Waals surface area contributed by atoms with Crippen molar-refractivity contribution in [3.63, 3.8) is 0 Å². The molecule has 0 amide bonds. The van der Waals surface area contributed by atoms with Gasteiger partial charge in [0.1, 0.15) is 0 Å². The van der Waals surface area contributed by atoms with Crippen molar-refractivity contribution in [1.29, 1.82) is 0 Å². The van der Waals surface area contributed by atoms with Gasteiger partial charge in [-0.1, -0.05) is 34.2 Å². The summed E-state index contributed by atoms with van der Waals surface area (Å²) in [6.45, 7) is 2.91. The Morgan fingerprint density at radius 2 is 2.32 bits per heavy atom. The quantitative estimate of drug-likeness (QED) is 0.650. The largest absolute Gasteiger partial charge is 0.362 e. The van der Waals surface area contributed by atoms with Gasteiger partial charge in [-0.3, -0.25) is 10.1 Å². The number of nitrogens with one attached hydrogen (secondary N) is 1. The Balaban J connectivity index is 2.36. The summed E-state index contributed by atoms with van der Waals surface area (Å²) in [5.41, 5.74) is 0.676. The van der Waals surface area contributed by atoms with Gasteiger partial charge >= 0.3 is 0 Å². The minimum atomic E-state index is -0.376. The molecule has 0 aliphatic heterocycles. The third kappa shape index (κ3) is 3.30. The molecule has 0 saturated heterocycles. The third-order valence-corrected chi connectivity index (χ3v) is 3.94. The molecule has 1 heterocycles. The van der Waals surface area contributed by atoms with Crippen molar-refractivity contribution in [1.82, 2.24) is 4.98 Å². The fourth-order valence-corrected chi connectivity index (χ4v) is 2.80. The van der Waals surface area contributed by atoms with E-state index in [1.807, 2.05) is 0 Å². The highest BCUT2D eigenvalue weighted by molar-refractivity contribution is 9.10. The fraction of sp³-hybridized carbons (Fsp3) is 0.250. The molecule has 7 heteroatoms. The van der Waals surface area contributed by atoms with Crippen LogP contribution in [0.5, 0.6) is 0 Å². The van der Waals surface area contributed by atoms with Crippen LogP contribution in [0.15, 0.2) is 28.9 Å². The molecular weight excluding hydrogens is 330 g/mol. The summed E-state index contributed by atoms with van der Waals surface area (Å²) >= 11 is 4.67.